The molecule has 110 valence electrons. The number of aryl methyl sites for hydroxylation is 2. The molecular formula is C16H24N2O2. The molecule has 2 N–H and O–H groups in total. The van der Waals surface area contributed by atoms with E-state index < -0.39 is 0 Å². The van der Waals surface area contributed by atoms with Gasteiger partial charge >= 0.3 is 0 Å². The van der Waals surface area contributed by atoms with Crippen LogP contribution in [0.4, 0.5) is 0 Å². The van der Waals surface area contributed by atoms with Crippen molar-refractivity contribution in [1.29, 1.82) is 0 Å². The maximum atomic E-state index is 12.1. The van der Waals surface area contributed by atoms with Gasteiger partial charge in [-0.05, 0) is 31.9 Å². The van der Waals surface area contributed by atoms with Gasteiger partial charge in [-0.15, -0.1) is 0 Å². The Kier molecular flexibility index (Phi) is 4.78. The van der Waals surface area contributed by atoms with E-state index in [1.54, 1.807) is 0 Å². The van der Waals surface area contributed by atoms with Gasteiger partial charge in [-0.2, -0.15) is 0 Å². The zero-order valence-corrected chi connectivity index (χ0v) is 12.6. The number of amides is 1. The highest BCUT2D eigenvalue weighted by atomic mass is 16.5. The van der Waals surface area contributed by atoms with Gasteiger partial charge in [0, 0.05) is 13.0 Å². The molecule has 1 amide bonds. The molecule has 0 radical (unpaired) electrons. The number of carbonyl (C=O) groups excluding carboxylic acids is 1. The summed E-state index contributed by atoms with van der Waals surface area (Å²) in [5, 5.41) is 0. The number of nitrogens with zero attached hydrogens (tertiary/aromatic N) is 1. The average Bonchev–Trinajstić information content (AvgIpc) is 2.42. The van der Waals surface area contributed by atoms with E-state index in [0.717, 1.165) is 0 Å². The summed E-state index contributed by atoms with van der Waals surface area (Å²) in [7, 11) is 0. The first kappa shape index (κ1) is 15.0. The molecule has 0 bridgehead atoms. The fourth-order valence-corrected chi connectivity index (χ4v) is 2.67. The highest BCUT2D eigenvalue weighted by Gasteiger charge is 2.30. The number of rotatable bonds is 3. The first-order valence-corrected chi connectivity index (χ1v) is 7.21. The quantitative estimate of drug-likeness (QED) is 0.918. The zero-order valence-electron chi connectivity index (χ0n) is 12.6. The van der Waals surface area contributed by atoms with Crippen molar-refractivity contribution in [3.05, 3.63) is 34.9 Å². The molecule has 2 rings (SSSR count). The minimum Gasteiger partial charge on any atom is -0.370 e. The molecule has 0 aromatic heterocycles. The van der Waals surface area contributed by atoms with Crippen molar-refractivity contribution < 1.29 is 9.53 Å². The van der Waals surface area contributed by atoms with E-state index in [0.29, 0.717) is 26.1 Å². The molecule has 1 aromatic rings. The predicted octanol–water partition coefficient (Wildman–Crippen LogP) is 1.94. The Morgan fingerprint density at radius 3 is 2.90 bits per heavy atom. The van der Waals surface area contributed by atoms with Crippen LogP contribution in [0.3, 0.4) is 0 Å². The molecule has 4 heteroatoms. The standard InChI is InChI=1S/C16H24N2O2/c1-11-4-5-12(2)14(8-11)15-9-18(13(3)10-20-15)16(19)6-7-17/h4-5,8,13,15H,6-7,9-10,17H2,1-3H3/t13-,15-/m1/s1. The number of nitrogens with two attached hydrogens (primary N) is 1. The van der Waals surface area contributed by atoms with Crippen LogP contribution in [0.2, 0.25) is 0 Å². The van der Waals surface area contributed by atoms with E-state index in [-0.39, 0.29) is 18.1 Å². The molecule has 0 aliphatic carbocycles. The van der Waals surface area contributed by atoms with E-state index in [4.69, 9.17) is 10.5 Å². The van der Waals surface area contributed by atoms with Crippen LogP contribution in [0.25, 0.3) is 0 Å². The lowest BCUT2D eigenvalue weighted by Gasteiger charge is -2.38. The summed E-state index contributed by atoms with van der Waals surface area (Å²) in [6.07, 6.45) is 0.372. The summed E-state index contributed by atoms with van der Waals surface area (Å²) in [5.41, 5.74) is 9.10. The minimum atomic E-state index is -0.0344. The first-order valence-electron chi connectivity index (χ1n) is 7.21. The Labute approximate surface area is 120 Å². The van der Waals surface area contributed by atoms with Crippen molar-refractivity contribution in [2.75, 3.05) is 19.7 Å². The van der Waals surface area contributed by atoms with Crippen molar-refractivity contribution in [3.8, 4) is 0 Å². The van der Waals surface area contributed by atoms with Crippen LogP contribution in [0.1, 0.15) is 36.1 Å². The molecule has 0 saturated carbocycles. The molecule has 1 aromatic carbocycles. The second-order valence-corrected chi connectivity index (χ2v) is 5.62. The van der Waals surface area contributed by atoms with Crippen molar-refractivity contribution >= 4 is 5.91 Å². The highest BCUT2D eigenvalue weighted by Crippen LogP contribution is 2.28. The van der Waals surface area contributed by atoms with Crippen LogP contribution >= 0.6 is 0 Å². The molecule has 0 spiro atoms. The third-order valence-electron chi connectivity index (χ3n) is 3.89. The Bertz CT molecular complexity index is 487. The van der Waals surface area contributed by atoms with Crippen LogP contribution < -0.4 is 5.73 Å². The minimum absolute atomic E-state index is 0.0344. The topological polar surface area (TPSA) is 55.6 Å². The average molecular weight is 276 g/mol. The van der Waals surface area contributed by atoms with Crippen molar-refractivity contribution in [2.24, 2.45) is 5.73 Å². The van der Waals surface area contributed by atoms with E-state index in [1.165, 1.54) is 16.7 Å². The van der Waals surface area contributed by atoms with Crippen molar-refractivity contribution in [3.63, 3.8) is 0 Å². The second kappa shape index (κ2) is 6.37. The summed E-state index contributed by atoms with van der Waals surface area (Å²) >= 11 is 0. The Hall–Kier alpha value is -1.39. The molecule has 2 atom stereocenters. The third-order valence-corrected chi connectivity index (χ3v) is 3.89. The smallest absolute Gasteiger partial charge is 0.224 e. The fourth-order valence-electron chi connectivity index (χ4n) is 2.67. The summed E-state index contributed by atoms with van der Waals surface area (Å²) in [5.74, 6) is 0.124. The van der Waals surface area contributed by atoms with Gasteiger partial charge < -0.3 is 15.4 Å². The van der Waals surface area contributed by atoms with Gasteiger partial charge in [0.1, 0.15) is 6.10 Å². The normalized spacial score (nSPS) is 22.9. The predicted molar refractivity (Wildman–Crippen MR) is 79.5 cm³/mol. The monoisotopic (exact) mass is 276 g/mol. The van der Waals surface area contributed by atoms with Gasteiger partial charge in [0.15, 0.2) is 0 Å². The number of benzene rings is 1. The van der Waals surface area contributed by atoms with E-state index >= 15 is 0 Å². The Balaban J connectivity index is 2.18. The molecule has 1 fully saturated rings. The van der Waals surface area contributed by atoms with Crippen LogP contribution in [0.15, 0.2) is 18.2 Å². The van der Waals surface area contributed by atoms with Crippen LogP contribution in [0, 0.1) is 13.8 Å². The van der Waals surface area contributed by atoms with E-state index in [1.807, 2.05) is 11.8 Å². The largest absolute Gasteiger partial charge is 0.370 e. The third kappa shape index (κ3) is 3.19. The van der Waals surface area contributed by atoms with Crippen molar-refractivity contribution in [2.45, 2.75) is 39.3 Å². The summed E-state index contributed by atoms with van der Waals surface area (Å²) in [6, 6.07) is 6.48. The van der Waals surface area contributed by atoms with Crippen LogP contribution in [-0.4, -0.2) is 36.5 Å². The lowest BCUT2D eigenvalue weighted by Crippen LogP contribution is -2.48. The SMILES string of the molecule is Cc1ccc(C)c([C@H]2CN(C(=O)CCN)[C@H](C)CO2)c1. The number of morpholine rings is 1. The Morgan fingerprint density at radius 1 is 1.45 bits per heavy atom. The summed E-state index contributed by atoms with van der Waals surface area (Å²) in [4.78, 5) is 14.0. The van der Waals surface area contributed by atoms with E-state index in [9.17, 15) is 4.79 Å². The van der Waals surface area contributed by atoms with E-state index in [2.05, 4.69) is 32.0 Å². The van der Waals surface area contributed by atoms with Crippen LogP contribution in [-0.2, 0) is 9.53 Å². The van der Waals surface area contributed by atoms with Gasteiger partial charge in [-0.1, -0.05) is 23.8 Å². The molecule has 1 aliphatic heterocycles. The molecule has 1 saturated heterocycles. The summed E-state index contributed by atoms with van der Waals surface area (Å²) in [6.45, 7) is 7.78. The summed E-state index contributed by atoms with van der Waals surface area (Å²) < 4.78 is 5.95. The molecule has 0 unspecified atom stereocenters. The number of carbonyl (C=O) groups is 1. The fraction of sp³-hybridized carbons (Fsp3) is 0.562. The number of hydrogen-bond acceptors (Lipinski definition) is 3. The molecule has 20 heavy (non-hydrogen) atoms. The van der Waals surface area contributed by atoms with Gasteiger partial charge in [-0.3, -0.25) is 4.79 Å². The zero-order chi connectivity index (χ0) is 14.7. The number of ether oxygens (including phenoxy) is 1. The second-order valence-electron chi connectivity index (χ2n) is 5.62. The van der Waals surface area contributed by atoms with Crippen LogP contribution in [0.5, 0.6) is 0 Å². The van der Waals surface area contributed by atoms with Gasteiger partial charge in [-0.25, -0.2) is 0 Å². The molecular weight excluding hydrogens is 252 g/mol. The van der Waals surface area contributed by atoms with Gasteiger partial charge in [0.05, 0.1) is 19.2 Å². The number of hydrogen-bond donors (Lipinski definition) is 1. The van der Waals surface area contributed by atoms with Crippen molar-refractivity contribution in [1.82, 2.24) is 4.90 Å². The maximum absolute atomic E-state index is 12.1. The molecule has 1 aliphatic rings. The van der Waals surface area contributed by atoms with Gasteiger partial charge in [0.2, 0.25) is 5.91 Å². The first-order chi connectivity index (χ1) is 9.52. The lowest BCUT2D eigenvalue weighted by molar-refractivity contribution is -0.144. The van der Waals surface area contributed by atoms with Gasteiger partial charge in [0.25, 0.3) is 0 Å². The highest BCUT2D eigenvalue weighted by molar-refractivity contribution is 5.76. The maximum Gasteiger partial charge on any atom is 0.224 e. The molecule has 4 nitrogen and oxygen atoms in total. The lowest BCUT2D eigenvalue weighted by atomic mass is 9.98. The Morgan fingerprint density at radius 2 is 2.20 bits per heavy atom. The molecule has 1 heterocycles.